The van der Waals surface area contributed by atoms with Crippen LogP contribution in [0.15, 0.2) is 236 Å². The second-order valence-corrected chi connectivity index (χ2v) is 33.1. The number of aryl methyl sites for hydroxylation is 7. The van der Waals surface area contributed by atoms with Gasteiger partial charge in [-0.25, -0.2) is 19.9 Å². The van der Waals surface area contributed by atoms with E-state index in [9.17, 15) is 19.2 Å². The lowest BCUT2D eigenvalue weighted by atomic mass is 10.0. The van der Waals surface area contributed by atoms with Crippen LogP contribution in [0.3, 0.4) is 0 Å². The Hall–Kier alpha value is -18.7. The highest BCUT2D eigenvalue weighted by atomic mass is 16.5. The van der Waals surface area contributed by atoms with Gasteiger partial charge in [0.2, 0.25) is 93.9 Å². The summed E-state index contributed by atoms with van der Waals surface area (Å²) in [6.45, 7) is 14.1. The van der Waals surface area contributed by atoms with Gasteiger partial charge in [-0.2, -0.15) is 29.9 Å². The van der Waals surface area contributed by atoms with Crippen molar-refractivity contribution in [3.8, 4) is 137 Å². The fourth-order valence-corrected chi connectivity index (χ4v) is 16.1. The predicted molar refractivity (Wildman–Crippen MR) is 519 cm³/mol. The van der Waals surface area contributed by atoms with E-state index in [0.29, 0.717) is 183 Å². The van der Waals surface area contributed by atoms with Crippen LogP contribution in [0.25, 0.3) is 148 Å². The molecule has 0 N–H and O–H groups in total. The van der Waals surface area contributed by atoms with Crippen molar-refractivity contribution in [3.05, 3.63) is 272 Å². The molecule has 0 fully saturated rings. The molecule has 4 aliphatic rings. The Morgan fingerprint density at radius 3 is 1.08 bits per heavy atom. The number of hydrogen-bond acceptors (Lipinski definition) is 39. The number of likely N-dealkylation sites (N-methyl/N-ethyl adjacent to an activating group) is 1. The number of imidazole rings is 2. The van der Waals surface area contributed by atoms with Gasteiger partial charge in [-0.3, -0.25) is 77.8 Å². The maximum absolute atomic E-state index is 12.2. The van der Waals surface area contributed by atoms with Crippen LogP contribution in [0.5, 0.6) is 0 Å². The summed E-state index contributed by atoms with van der Waals surface area (Å²) in [6.07, 6.45) is 29.9. The van der Waals surface area contributed by atoms with Gasteiger partial charge in [0, 0.05) is 216 Å². The van der Waals surface area contributed by atoms with Crippen molar-refractivity contribution in [3.63, 3.8) is 0 Å². The van der Waals surface area contributed by atoms with Crippen LogP contribution < -0.4 is 14.7 Å². The number of hydrogen-bond donors (Lipinski definition) is 0. The second-order valence-electron chi connectivity index (χ2n) is 33.1. The minimum atomic E-state index is 0.0555. The van der Waals surface area contributed by atoms with Crippen molar-refractivity contribution in [2.45, 2.75) is 80.2 Å². The molecule has 0 aromatic carbocycles. The summed E-state index contributed by atoms with van der Waals surface area (Å²) < 4.78 is 49.2. The molecule has 20 aromatic rings. The van der Waals surface area contributed by atoms with E-state index in [-0.39, 0.29) is 23.6 Å². The number of ether oxygens (including phenoxy) is 3. The standard InChI is InChI=1S/C19H19N5O3.2C18H17N5O3.C17H15N5O2.2C14H10N6O/c1-12-22-19(23-27-12)14-5-6-20-15(10-14)16-9-13-3-4-18(25)24(7-8-26-2)17(13)11-21-16;1-11-21-18(22-26-11)12-3-4-19-14(7-12)15-9-16-13(10-20-15)8-17(24)23(16)5-6-25-2;1-11-21-18(22-26-11)12-3-4-19-14(7-12)15-8-13-9-17(24)23(5-6-25-2)16(13)10-20-15;1-10-20-17(21-24-10)11-3-4-18-14(5-11)15-6-13-9-22(2)16(23)7-12(13)8-19-15;1-9-18-13(19-21-9)10-2-4-16-12(6-10)14-17-5-3-11-7-15-8-20(11)14;1-9-18-13(19-21-9)10-2-4-15-11(8-10)14-17-5-3-12-16-6-7-20(12)14/h5-6,9-11H,3-4,7-8H2,1-2H3;3-4,7,9-10H,5-6,8H2,1-2H3;3-4,7-8,10H,5-6,9H2,1-2H3;3-6,8H,7,9H2,1-2H3;2*2-8H,1H3. The number of fused-ring (bicyclic) bond motifs is 6. The number of anilines is 3. The second kappa shape index (κ2) is 43.0. The van der Waals surface area contributed by atoms with Crippen LogP contribution >= 0.6 is 0 Å². The van der Waals surface area contributed by atoms with E-state index in [0.717, 1.165) is 124 Å². The van der Waals surface area contributed by atoms with Gasteiger partial charge in [0.15, 0.2) is 11.6 Å². The third-order valence-corrected chi connectivity index (χ3v) is 23.2. The lowest BCUT2D eigenvalue weighted by Crippen LogP contribution is -2.37. The van der Waals surface area contributed by atoms with E-state index in [1.807, 2.05) is 131 Å². The molecular weight excluding hydrogens is 1860 g/mol. The number of pyridine rings is 10. The quantitative estimate of drug-likeness (QED) is 0.0644. The first-order valence-corrected chi connectivity index (χ1v) is 45.4. The molecular formula is C100H88N32O13. The van der Waals surface area contributed by atoms with Gasteiger partial charge in [-0.15, -0.1) is 0 Å². The highest BCUT2D eigenvalue weighted by Crippen LogP contribution is 2.38. The van der Waals surface area contributed by atoms with Crippen molar-refractivity contribution in [1.82, 2.24) is 144 Å². The Labute approximate surface area is 823 Å². The van der Waals surface area contributed by atoms with Gasteiger partial charge in [0.25, 0.3) is 0 Å². The lowest BCUT2D eigenvalue weighted by molar-refractivity contribution is -0.130. The monoisotopic (exact) mass is 1940 g/mol. The summed E-state index contributed by atoms with van der Waals surface area (Å²) >= 11 is 0. The molecule has 20 aromatic heterocycles. The number of methoxy groups -OCH3 is 3. The van der Waals surface area contributed by atoms with Crippen molar-refractivity contribution in [1.29, 1.82) is 0 Å². The summed E-state index contributed by atoms with van der Waals surface area (Å²) in [5.41, 5.74) is 21.4. The Morgan fingerprint density at radius 2 is 0.648 bits per heavy atom. The third kappa shape index (κ3) is 21.7. The molecule has 45 nitrogen and oxygen atoms in total. The van der Waals surface area contributed by atoms with Gasteiger partial charge in [0.05, 0.1) is 126 Å². The highest BCUT2D eigenvalue weighted by molar-refractivity contribution is 6.03. The van der Waals surface area contributed by atoms with E-state index in [1.165, 1.54) is 0 Å². The Balaban J connectivity index is 0.000000110. The zero-order valence-electron chi connectivity index (χ0n) is 79.7. The fraction of sp³-hybridized carbons (Fsp3) is 0.220. The largest absolute Gasteiger partial charge is 0.383 e. The average molecular weight is 1950 g/mol. The number of aromatic nitrogens is 28. The van der Waals surface area contributed by atoms with Crippen LogP contribution in [-0.2, 0) is 65.6 Å². The number of carbonyl (C=O) groups is 4. The van der Waals surface area contributed by atoms with Crippen LogP contribution in [-0.4, -0.2) is 236 Å². The highest BCUT2D eigenvalue weighted by Gasteiger charge is 2.32. The van der Waals surface area contributed by atoms with Crippen LogP contribution in [0.2, 0.25) is 0 Å². The topological polar surface area (TPSA) is 532 Å². The van der Waals surface area contributed by atoms with E-state index in [1.54, 1.807) is 176 Å². The zero-order chi connectivity index (χ0) is 100. The summed E-state index contributed by atoms with van der Waals surface area (Å²) in [7, 11) is 6.67. The molecule has 0 radical (unpaired) electrons. The first kappa shape index (κ1) is 95.3. The van der Waals surface area contributed by atoms with Crippen molar-refractivity contribution in [2.24, 2.45) is 0 Å². The molecule has 0 saturated heterocycles. The zero-order valence-corrected chi connectivity index (χ0v) is 79.7. The summed E-state index contributed by atoms with van der Waals surface area (Å²) in [4.78, 5) is 142. The summed E-state index contributed by atoms with van der Waals surface area (Å²) in [6, 6.07) is 33.7. The van der Waals surface area contributed by atoms with Gasteiger partial charge in [0.1, 0.15) is 23.4 Å². The van der Waals surface area contributed by atoms with Crippen LogP contribution in [0.1, 0.15) is 69.6 Å². The number of carbonyl (C=O) groups excluding carboxylic acids is 4. The maximum Gasteiger partial charge on any atom is 0.231 e. The molecule has 0 saturated carbocycles. The Morgan fingerprint density at radius 1 is 0.303 bits per heavy atom. The van der Waals surface area contributed by atoms with Gasteiger partial charge >= 0.3 is 0 Å². The SMILES string of the molecule is COCCN1C(=O)CCc2cc(-c3cc(-c4noc(C)n4)ccn3)ncc21.COCCN1C(=O)Cc2cc(-c3cc(-c4noc(C)n4)ccn3)ncc21.COCCN1C(=O)Cc2cnc(-c3cc(-c4noc(C)n4)ccn3)cc21.Cc1nc(-c2ccnc(-c3cc4c(cn3)CC(=O)N(C)C4)c2)no1.Cc1nc(-c2ccnc(-c3nccc4cncn34)c2)no1.Cc1nc(-c2ccnc(-c3nccc4nccn34)c2)no1. The first-order chi connectivity index (χ1) is 70.7. The Kier molecular flexibility index (Phi) is 28.2. The van der Waals surface area contributed by atoms with Crippen molar-refractivity contribution in [2.75, 3.05) is 82.5 Å². The van der Waals surface area contributed by atoms with Crippen molar-refractivity contribution >= 4 is 51.9 Å². The molecule has 4 aliphatic heterocycles. The molecule has 0 atom stereocenters. The summed E-state index contributed by atoms with van der Waals surface area (Å²) in [5.74, 6) is 7.97. The number of amides is 4. The predicted octanol–water partition coefficient (Wildman–Crippen LogP) is 12.8. The average Bonchev–Trinajstić information content (AvgIpc) is 1.71. The molecule has 24 rings (SSSR count). The molecule has 0 spiro atoms. The minimum Gasteiger partial charge on any atom is -0.383 e. The number of nitrogens with zero attached hydrogens (tertiary/aromatic N) is 32. The molecule has 24 heterocycles. The van der Waals surface area contributed by atoms with E-state index < -0.39 is 0 Å². The fourth-order valence-electron chi connectivity index (χ4n) is 16.1. The number of rotatable bonds is 21. The van der Waals surface area contributed by atoms with E-state index in [2.05, 4.69) is 131 Å². The normalized spacial score (nSPS) is 12.8. The molecule has 726 valence electrons. The molecule has 0 bridgehead atoms. The molecule has 0 aliphatic carbocycles. The van der Waals surface area contributed by atoms with E-state index in [4.69, 9.17) is 41.3 Å². The minimum absolute atomic E-state index is 0.0555. The maximum atomic E-state index is 12.2. The van der Waals surface area contributed by atoms with Gasteiger partial charge in [-0.05, 0) is 138 Å². The Bertz CT molecular complexity index is 7970. The third-order valence-electron chi connectivity index (χ3n) is 23.2. The molecule has 45 heteroatoms. The van der Waals surface area contributed by atoms with Crippen LogP contribution in [0.4, 0.5) is 17.1 Å². The molecule has 0 unspecified atom stereocenters. The lowest BCUT2D eigenvalue weighted by Gasteiger charge is -2.29. The van der Waals surface area contributed by atoms with E-state index >= 15 is 0 Å². The smallest absolute Gasteiger partial charge is 0.231 e. The van der Waals surface area contributed by atoms with Gasteiger partial charge in [-0.1, -0.05) is 30.9 Å². The molecule has 145 heavy (non-hydrogen) atoms. The van der Waals surface area contributed by atoms with Crippen molar-refractivity contribution < 1.29 is 60.5 Å². The molecule has 4 amide bonds. The summed E-state index contributed by atoms with van der Waals surface area (Å²) in [5, 5.41) is 23.6. The van der Waals surface area contributed by atoms with Crippen LogP contribution in [0, 0.1) is 41.5 Å². The first-order valence-electron chi connectivity index (χ1n) is 45.4. The van der Waals surface area contributed by atoms with Gasteiger partial charge < -0.3 is 60.9 Å².